The quantitative estimate of drug-likeness (QED) is 0.609. The number of hydrogen-bond donors (Lipinski definition) is 1. The van der Waals surface area contributed by atoms with Crippen molar-refractivity contribution in [3.8, 4) is 0 Å². The summed E-state index contributed by atoms with van der Waals surface area (Å²) >= 11 is 2.52. The van der Waals surface area contributed by atoms with Gasteiger partial charge in [0, 0.05) is 17.4 Å². The molecule has 0 spiro atoms. The lowest BCUT2D eigenvalue weighted by molar-refractivity contribution is -0.119. The highest BCUT2D eigenvalue weighted by molar-refractivity contribution is 14.1. The van der Waals surface area contributed by atoms with Gasteiger partial charge in [-0.2, -0.15) is 0 Å². The average Bonchev–Trinajstić information content (AvgIpc) is 2.01. The van der Waals surface area contributed by atoms with Crippen molar-refractivity contribution < 1.29 is 4.79 Å². The molecule has 1 aliphatic carbocycles. The van der Waals surface area contributed by atoms with E-state index in [9.17, 15) is 4.79 Å². The molecule has 1 N–H and O–H groups in total. The Kier molecular flexibility index (Phi) is 4.32. The van der Waals surface area contributed by atoms with Crippen molar-refractivity contribution in [1.29, 1.82) is 0 Å². The minimum Gasteiger partial charge on any atom is -0.356 e. The summed E-state index contributed by atoms with van der Waals surface area (Å²) in [6.45, 7) is 2.47. The van der Waals surface area contributed by atoms with Gasteiger partial charge < -0.3 is 5.32 Å². The Hall–Kier alpha value is 0.200. The van der Waals surface area contributed by atoms with Crippen molar-refractivity contribution >= 4 is 28.5 Å². The van der Waals surface area contributed by atoms with Gasteiger partial charge in [0.15, 0.2) is 0 Å². The molecule has 0 radical (unpaired) electrons. The Morgan fingerprint density at radius 3 is 2.92 bits per heavy atom. The molecule has 12 heavy (non-hydrogen) atoms. The highest BCUT2D eigenvalue weighted by atomic mass is 127. The highest BCUT2D eigenvalue weighted by Gasteiger charge is 2.19. The number of carbonyl (C=O) groups excluding carboxylic acids is 1. The Labute approximate surface area is 87.6 Å². The summed E-state index contributed by atoms with van der Waals surface area (Å²) in [7, 11) is 0. The van der Waals surface area contributed by atoms with E-state index in [1.54, 1.807) is 6.92 Å². The molecule has 0 heterocycles. The molecule has 1 saturated carbocycles. The third-order valence-corrected chi connectivity index (χ3v) is 3.49. The van der Waals surface area contributed by atoms with Crippen molar-refractivity contribution in [3.63, 3.8) is 0 Å². The molecule has 1 rings (SSSR count). The van der Waals surface area contributed by atoms with E-state index in [-0.39, 0.29) is 5.91 Å². The van der Waals surface area contributed by atoms with E-state index in [4.69, 9.17) is 0 Å². The van der Waals surface area contributed by atoms with Gasteiger partial charge in [0.05, 0.1) is 0 Å². The molecular weight excluding hydrogens is 265 g/mol. The summed E-state index contributed by atoms with van der Waals surface area (Å²) in [6.07, 6.45) is 5.26. The van der Waals surface area contributed by atoms with Gasteiger partial charge in [-0.1, -0.05) is 29.0 Å². The van der Waals surface area contributed by atoms with E-state index in [0.717, 1.165) is 16.4 Å². The summed E-state index contributed by atoms with van der Waals surface area (Å²) in [5.74, 6) is 0.829. The molecule has 0 aliphatic heterocycles. The van der Waals surface area contributed by atoms with Crippen LogP contribution < -0.4 is 5.32 Å². The maximum Gasteiger partial charge on any atom is 0.216 e. The Bertz CT molecular complexity index is 161. The van der Waals surface area contributed by atoms with Gasteiger partial charge in [0.25, 0.3) is 0 Å². The van der Waals surface area contributed by atoms with Gasteiger partial charge in [-0.05, 0) is 25.2 Å². The van der Waals surface area contributed by atoms with Crippen LogP contribution in [0.3, 0.4) is 0 Å². The van der Waals surface area contributed by atoms with Crippen LogP contribution in [0.1, 0.15) is 32.6 Å². The Morgan fingerprint density at radius 1 is 1.58 bits per heavy atom. The molecule has 0 aromatic rings. The second-order valence-electron chi connectivity index (χ2n) is 3.57. The second-order valence-corrected chi connectivity index (χ2v) is 5.33. The van der Waals surface area contributed by atoms with Gasteiger partial charge in [-0.3, -0.25) is 4.79 Å². The van der Waals surface area contributed by atoms with E-state index in [1.165, 1.54) is 25.7 Å². The van der Waals surface area contributed by atoms with Gasteiger partial charge in [-0.15, -0.1) is 0 Å². The predicted octanol–water partition coefficient (Wildman–Crippen LogP) is 2.12. The molecule has 1 fully saturated rings. The van der Waals surface area contributed by atoms with Gasteiger partial charge in [-0.25, -0.2) is 0 Å². The number of nitrogens with one attached hydrogen (secondary N) is 1. The molecule has 2 unspecified atom stereocenters. The first-order valence-corrected chi connectivity index (χ1v) is 5.81. The number of carbonyl (C=O) groups is 1. The van der Waals surface area contributed by atoms with Crippen molar-refractivity contribution in [2.45, 2.75) is 36.5 Å². The third kappa shape index (κ3) is 3.74. The van der Waals surface area contributed by atoms with Crippen LogP contribution in [0.25, 0.3) is 0 Å². The first-order chi connectivity index (χ1) is 5.68. The summed E-state index contributed by atoms with van der Waals surface area (Å²) in [5, 5.41) is 2.89. The van der Waals surface area contributed by atoms with Gasteiger partial charge in [0.2, 0.25) is 5.91 Å². The van der Waals surface area contributed by atoms with Crippen LogP contribution >= 0.6 is 22.6 Å². The van der Waals surface area contributed by atoms with E-state index < -0.39 is 0 Å². The zero-order valence-electron chi connectivity index (χ0n) is 7.48. The fraction of sp³-hybridized carbons (Fsp3) is 0.889. The largest absolute Gasteiger partial charge is 0.356 e. The van der Waals surface area contributed by atoms with E-state index >= 15 is 0 Å². The average molecular weight is 281 g/mol. The zero-order chi connectivity index (χ0) is 8.97. The summed E-state index contributed by atoms with van der Waals surface area (Å²) in [6, 6.07) is 0. The lowest BCUT2D eigenvalue weighted by atomic mass is 9.89. The highest BCUT2D eigenvalue weighted by Crippen LogP contribution is 2.28. The number of amides is 1. The van der Waals surface area contributed by atoms with Crippen molar-refractivity contribution in [3.05, 3.63) is 0 Å². The molecule has 70 valence electrons. The van der Waals surface area contributed by atoms with Crippen LogP contribution in [0, 0.1) is 5.92 Å². The normalized spacial score (nSPS) is 29.8. The summed E-state index contributed by atoms with van der Waals surface area (Å²) in [5.41, 5.74) is 0. The molecule has 0 saturated heterocycles. The van der Waals surface area contributed by atoms with Crippen LogP contribution in [-0.4, -0.2) is 16.4 Å². The molecule has 1 aliphatic rings. The zero-order valence-corrected chi connectivity index (χ0v) is 9.63. The van der Waals surface area contributed by atoms with Crippen molar-refractivity contribution in [2.24, 2.45) is 5.92 Å². The van der Waals surface area contributed by atoms with Crippen LogP contribution in [0.4, 0.5) is 0 Å². The van der Waals surface area contributed by atoms with Crippen molar-refractivity contribution in [2.75, 3.05) is 6.54 Å². The van der Waals surface area contributed by atoms with E-state index in [0.29, 0.717) is 0 Å². The molecule has 3 heteroatoms. The maximum absolute atomic E-state index is 10.7. The van der Waals surface area contributed by atoms with Crippen molar-refractivity contribution in [1.82, 2.24) is 5.32 Å². The molecular formula is C9H16INO. The number of halogens is 1. The number of alkyl halides is 1. The van der Waals surface area contributed by atoms with Crippen LogP contribution in [0.5, 0.6) is 0 Å². The lowest BCUT2D eigenvalue weighted by Crippen LogP contribution is -2.30. The Morgan fingerprint density at radius 2 is 2.33 bits per heavy atom. The summed E-state index contributed by atoms with van der Waals surface area (Å²) < 4.78 is 0.829. The SMILES string of the molecule is CC(=O)NCC1CCCC(I)C1. The van der Waals surface area contributed by atoms with E-state index in [1.807, 2.05) is 0 Å². The third-order valence-electron chi connectivity index (χ3n) is 2.36. The Balaban J connectivity index is 2.18. The first kappa shape index (κ1) is 10.3. The minimum absolute atomic E-state index is 0.102. The number of hydrogen-bond acceptors (Lipinski definition) is 1. The fourth-order valence-corrected chi connectivity index (χ4v) is 2.86. The number of rotatable bonds is 2. The van der Waals surface area contributed by atoms with Gasteiger partial charge >= 0.3 is 0 Å². The van der Waals surface area contributed by atoms with Crippen LogP contribution in [-0.2, 0) is 4.79 Å². The lowest BCUT2D eigenvalue weighted by Gasteiger charge is -2.25. The summed E-state index contributed by atoms with van der Waals surface area (Å²) in [4.78, 5) is 10.7. The maximum atomic E-state index is 10.7. The van der Waals surface area contributed by atoms with Crippen LogP contribution in [0.15, 0.2) is 0 Å². The first-order valence-electron chi connectivity index (χ1n) is 4.57. The van der Waals surface area contributed by atoms with Crippen LogP contribution in [0.2, 0.25) is 0 Å². The molecule has 0 bridgehead atoms. The molecule has 0 aromatic heterocycles. The standard InChI is InChI=1S/C9H16INO/c1-7(12)11-6-8-3-2-4-9(10)5-8/h8-9H,2-6H2,1H3,(H,11,12). The fourth-order valence-electron chi connectivity index (χ4n) is 1.70. The molecule has 1 amide bonds. The van der Waals surface area contributed by atoms with E-state index in [2.05, 4.69) is 27.9 Å². The molecule has 2 nitrogen and oxygen atoms in total. The smallest absolute Gasteiger partial charge is 0.216 e. The van der Waals surface area contributed by atoms with Gasteiger partial charge in [0.1, 0.15) is 0 Å². The molecule has 0 aromatic carbocycles. The topological polar surface area (TPSA) is 29.1 Å². The second kappa shape index (κ2) is 5.04. The monoisotopic (exact) mass is 281 g/mol. The minimum atomic E-state index is 0.102. The molecule has 2 atom stereocenters. The predicted molar refractivity (Wildman–Crippen MR) is 58.4 cm³/mol.